The average molecular weight is 589 g/mol. The van der Waals surface area contributed by atoms with Gasteiger partial charge >= 0.3 is 6.03 Å². The second-order valence-corrected chi connectivity index (χ2v) is 11.3. The van der Waals surface area contributed by atoms with E-state index in [1.165, 1.54) is 11.1 Å². The number of carbonyl (C=O) groups excluding carboxylic acids is 1. The Kier molecular flexibility index (Phi) is 8.53. The van der Waals surface area contributed by atoms with E-state index in [-0.39, 0.29) is 12.3 Å². The first-order valence-corrected chi connectivity index (χ1v) is 14.9. The summed E-state index contributed by atoms with van der Waals surface area (Å²) in [6.07, 6.45) is 4.88. The van der Waals surface area contributed by atoms with E-state index in [1.807, 2.05) is 38.9 Å². The topological polar surface area (TPSA) is 107 Å². The molecule has 1 unspecified atom stereocenters. The van der Waals surface area contributed by atoms with Gasteiger partial charge in [0.05, 0.1) is 51.6 Å². The first-order valence-electron chi connectivity index (χ1n) is 14.9. The summed E-state index contributed by atoms with van der Waals surface area (Å²) >= 11 is 0. The van der Waals surface area contributed by atoms with Gasteiger partial charge in [0, 0.05) is 43.1 Å². The van der Waals surface area contributed by atoms with Crippen molar-refractivity contribution in [2.75, 3.05) is 47.1 Å². The van der Waals surface area contributed by atoms with Gasteiger partial charge in [-0.25, -0.2) is 14.5 Å². The van der Waals surface area contributed by atoms with Crippen LogP contribution < -0.4 is 9.47 Å². The molecule has 0 bridgehead atoms. The lowest BCUT2D eigenvalue weighted by Crippen LogP contribution is -2.47. The molecule has 228 valence electrons. The van der Waals surface area contributed by atoms with Crippen molar-refractivity contribution < 1.29 is 23.7 Å². The largest absolute Gasteiger partial charge is 0.497 e. The highest BCUT2D eigenvalue weighted by molar-refractivity contribution is 5.81. The number of ether oxygens (including phenoxy) is 4. The van der Waals surface area contributed by atoms with Crippen molar-refractivity contribution in [3.8, 4) is 23.0 Å². The lowest BCUT2D eigenvalue weighted by molar-refractivity contribution is -0.0394. The molecule has 0 radical (unpaired) electrons. The maximum absolute atomic E-state index is 14.1. The fourth-order valence-electron chi connectivity index (χ4n) is 5.75. The number of aryl methyl sites for hydroxylation is 2. The number of H-pyrrole nitrogens is 1. The molecule has 6 rings (SSSR count). The van der Waals surface area contributed by atoms with Crippen LogP contribution in [0.1, 0.15) is 47.7 Å². The lowest BCUT2D eigenvalue weighted by atomic mass is 10.1. The summed E-state index contributed by atoms with van der Waals surface area (Å²) in [7, 11) is 3.25. The number of amides is 2. The smallest absolute Gasteiger partial charge is 0.320 e. The van der Waals surface area contributed by atoms with Crippen LogP contribution in [-0.2, 0) is 22.6 Å². The van der Waals surface area contributed by atoms with Crippen LogP contribution in [0.4, 0.5) is 4.79 Å². The molecular weight excluding hydrogens is 548 g/mol. The third-order valence-electron chi connectivity index (χ3n) is 8.35. The highest BCUT2D eigenvalue weighted by Crippen LogP contribution is 2.31. The molecule has 2 saturated heterocycles. The monoisotopic (exact) mass is 588 g/mol. The van der Waals surface area contributed by atoms with Gasteiger partial charge in [-0.1, -0.05) is 0 Å². The van der Waals surface area contributed by atoms with E-state index in [0.717, 1.165) is 41.4 Å². The summed E-state index contributed by atoms with van der Waals surface area (Å²) < 4.78 is 24.6. The maximum Gasteiger partial charge on any atom is 0.320 e. The number of methoxy groups -OCH3 is 2. The van der Waals surface area contributed by atoms with E-state index in [2.05, 4.69) is 31.0 Å². The minimum atomic E-state index is -0.153. The highest BCUT2D eigenvalue weighted by atomic mass is 16.5. The Labute approximate surface area is 251 Å². The summed E-state index contributed by atoms with van der Waals surface area (Å²) in [5, 5.41) is 5.02. The van der Waals surface area contributed by atoms with Crippen LogP contribution in [0.25, 0.3) is 22.6 Å². The molecule has 11 nitrogen and oxygen atoms in total. The lowest BCUT2D eigenvalue weighted by Gasteiger charge is -2.33. The Bertz CT molecular complexity index is 1550. The van der Waals surface area contributed by atoms with Gasteiger partial charge in [0.25, 0.3) is 0 Å². The Morgan fingerprint density at radius 1 is 1.02 bits per heavy atom. The first kappa shape index (κ1) is 29.0. The Morgan fingerprint density at radius 3 is 2.56 bits per heavy atom. The van der Waals surface area contributed by atoms with E-state index < -0.39 is 0 Å². The molecule has 2 aromatic heterocycles. The van der Waals surface area contributed by atoms with Crippen LogP contribution in [-0.4, -0.2) is 82.7 Å². The number of nitrogens with one attached hydrogen (secondary N) is 1. The SMILES string of the molecule is COc1ccc(CN(Cc2cn(C3CCCCO3)nc2-c2nc3cc(C)c(C)cc3[nH]2)C(=O)N2CCOCC2)c(OC)c1. The summed E-state index contributed by atoms with van der Waals surface area (Å²) in [4.78, 5) is 26.2. The summed E-state index contributed by atoms with van der Waals surface area (Å²) in [6, 6.07) is 9.82. The van der Waals surface area contributed by atoms with Crippen LogP contribution >= 0.6 is 0 Å². The van der Waals surface area contributed by atoms with Gasteiger partial charge in [-0.05, 0) is 68.5 Å². The van der Waals surface area contributed by atoms with Crippen LogP contribution in [0.2, 0.25) is 0 Å². The Morgan fingerprint density at radius 2 is 1.81 bits per heavy atom. The number of morpholine rings is 1. The summed E-state index contributed by atoms with van der Waals surface area (Å²) in [5.41, 5.74) is 6.69. The molecule has 1 N–H and O–H groups in total. The number of imidazole rings is 1. The van der Waals surface area contributed by atoms with Crippen LogP contribution in [0.15, 0.2) is 36.5 Å². The van der Waals surface area contributed by atoms with E-state index in [9.17, 15) is 4.79 Å². The van der Waals surface area contributed by atoms with Gasteiger partial charge in [0.15, 0.2) is 5.82 Å². The normalized spacial score (nSPS) is 17.3. The van der Waals surface area contributed by atoms with E-state index in [1.54, 1.807) is 14.2 Å². The maximum atomic E-state index is 14.1. The number of benzene rings is 2. The average Bonchev–Trinajstić information content (AvgIpc) is 3.65. The molecule has 2 aromatic carbocycles. The third-order valence-corrected chi connectivity index (χ3v) is 8.35. The van der Waals surface area contributed by atoms with Crippen molar-refractivity contribution >= 4 is 17.1 Å². The molecule has 2 aliphatic rings. The molecule has 1 atom stereocenters. The Balaban J connectivity index is 1.40. The molecule has 0 aliphatic carbocycles. The van der Waals surface area contributed by atoms with Gasteiger partial charge in [-0.3, -0.25) is 0 Å². The predicted octanol–water partition coefficient (Wildman–Crippen LogP) is 5.21. The highest BCUT2D eigenvalue weighted by Gasteiger charge is 2.28. The van der Waals surface area contributed by atoms with E-state index in [0.29, 0.717) is 69.0 Å². The van der Waals surface area contributed by atoms with Gasteiger partial charge in [0.1, 0.15) is 23.4 Å². The zero-order valence-electron chi connectivity index (χ0n) is 25.4. The fraction of sp³-hybridized carbons (Fsp3) is 0.469. The van der Waals surface area contributed by atoms with Crippen molar-refractivity contribution in [3.63, 3.8) is 0 Å². The molecule has 4 heterocycles. The van der Waals surface area contributed by atoms with Crippen LogP contribution in [0.5, 0.6) is 11.5 Å². The molecule has 43 heavy (non-hydrogen) atoms. The minimum Gasteiger partial charge on any atom is -0.497 e. The predicted molar refractivity (Wildman–Crippen MR) is 162 cm³/mol. The number of aromatic nitrogens is 4. The van der Waals surface area contributed by atoms with E-state index >= 15 is 0 Å². The zero-order valence-corrected chi connectivity index (χ0v) is 25.4. The number of rotatable bonds is 8. The molecule has 11 heteroatoms. The summed E-state index contributed by atoms with van der Waals surface area (Å²) in [5.74, 6) is 2.03. The van der Waals surface area contributed by atoms with E-state index in [4.69, 9.17) is 29.0 Å². The second-order valence-electron chi connectivity index (χ2n) is 11.3. The molecule has 4 aromatic rings. The number of nitrogens with zero attached hydrogens (tertiary/aromatic N) is 5. The molecule has 2 amide bonds. The van der Waals surface area contributed by atoms with Gasteiger partial charge in [-0.2, -0.15) is 5.10 Å². The Hall–Kier alpha value is -4.09. The quantitative estimate of drug-likeness (QED) is 0.301. The van der Waals surface area contributed by atoms with Crippen LogP contribution in [0.3, 0.4) is 0 Å². The van der Waals surface area contributed by atoms with Crippen molar-refractivity contribution in [3.05, 3.63) is 58.8 Å². The number of fused-ring (bicyclic) bond motifs is 1. The van der Waals surface area contributed by atoms with Crippen LogP contribution in [0, 0.1) is 13.8 Å². The molecule has 0 saturated carbocycles. The number of carbonyl (C=O) groups is 1. The first-order chi connectivity index (χ1) is 20.9. The van der Waals surface area contributed by atoms with Crippen molar-refractivity contribution in [1.82, 2.24) is 29.5 Å². The van der Waals surface area contributed by atoms with Crippen molar-refractivity contribution in [2.24, 2.45) is 0 Å². The van der Waals surface area contributed by atoms with Gasteiger partial charge in [-0.15, -0.1) is 0 Å². The molecular formula is C32H40N6O5. The van der Waals surface area contributed by atoms with Gasteiger partial charge in [0.2, 0.25) is 0 Å². The molecule has 0 spiro atoms. The standard InChI is InChI=1S/C32H40N6O5/c1-21-15-26-27(16-22(21)2)34-31(33-26)30-24(20-38(35-30)29-7-5-6-12-43-29)19-37(32(39)36-10-13-42-14-11-36)18-23-8-9-25(40-3)17-28(23)41-4/h8-9,15-17,20,29H,5-7,10-14,18-19H2,1-4H3,(H,33,34). The fourth-order valence-corrected chi connectivity index (χ4v) is 5.75. The zero-order chi connectivity index (χ0) is 29.9. The van der Waals surface area contributed by atoms with Crippen molar-refractivity contribution in [2.45, 2.75) is 52.4 Å². The molecule has 2 aliphatic heterocycles. The number of hydrogen-bond acceptors (Lipinski definition) is 7. The minimum absolute atomic E-state index is 0.0651. The third kappa shape index (κ3) is 6.18. The number of aromatic amines is 1. The van der Waals surface area contributed by atoms with Gasteiger partial charge < -0.3 is 33.7 Å². The summed E-state index contributed by atoms with van der Waals surface area (Å²) in [6.45, 7) is 7.67. The molecule has 2 fully saturated rings. The number of hydrogen-bond donors (Lipinski definition) is 1. The number of urea groups is 1. The second kappa shape index (κ2) is 12.6. The van der Waals surface area contributed by atoms with Crippen molar-refractivity contribution in [1.29, 1.82) is 0 Å².